The van der Waals surface area contributed by atoms with Crippen molar-refractivity contribution < 1.29 is 4.79 Å². The van der Waals surface area contributed by atoms with E-state index in [1.165, 1.54) is 0 Å². The fraction of sp³-hybridized carbons (Fsp3) is 0.0667. The minimum Gasteiger partial charge on any atom is -0.294 e. The van der Waals surface area contributed by atoms with Gasteiger partial charge in [-0.2, -0.15) is 5.26 Å². The number of allylic oxidation sites excluding steroid dienone is 5. The number of nitrogens with zero attached hydrogens (tertiary/aromatic N) is 1. The van der Waals surface area contributed by atoms with Crippen LogP contribution >= 0.6 is 0 Å². The molecule has 1 aliphatic carbocycles. The highest BCUT2D eigenvalue weighted by Crippen LogP contribution is 2.12. The summed E-state index contributed by atoms with van der Waals surface area (Å²) in [6.07, 6.45) is 10.8. The molecule has 82 valence electrons. The Kier molecular flexibility index (Phi) is 3.32. The molecule has 2 heteroatoms. The van der Waals surface area contributed by atoms with Gasteiger partial charge in [0.2, 0.25) is 0 Å². The standard InChI is InChI=1S/C15H11NO/c16-11-13-7-5-12(6-8-13)9-10-15(17)14-3-1-2-4-14/h1-10,14H/b10-9+. The van der Waals surface area contributed by atoms with Crippen molar-refractivity contribution in [1.82, 2.24) is 0 Å². The van der Waals surface area contributed by atoms with E-state index >= 15 is 0 Å². The first-order valence-electron chi connectivity index (χ1n) is 5.37. The molecule has 0 spiro atoms. The summed E-state index contributed by atoms with van der Waals surface area (Å²) >= 11 is 0. The number of hydrogen-bond acceptors (Lipinski definition) is 2. The van der Waals surface area contributed by atoms with Gasteiger partial charge in [-0.15, -0.1) is 0 Å². The fourth-order valence-electron chi connectivity index (χ4n) is 1.58. The first-order valence-corrected chi connectivity index (χ1v) is 5.37. The van der Waals surface area contributed by atoms with Crippen LogP contribution in [0.4, 0.5) is 0 Å². The molecule has 0 aliphatic heterocycles. The molecule has 0 saturated heterocycles. The number of carbonyl (C=O) groups is 1. The summed E-state index contributed by atoms with van der Waals surface area (Å²) in [5.74, 6) is -0.0519. The van der Waals surface area contributed by atoms with Gasteiger partial charge < -0.3 is 0 Å². The van der Waals surface area contributed by atoms with Crippen molar-refractivity contribution >= 4 is 11.9 Å². The van der Waals surface area contributed by atoms with E-state index in [2.05, 4.69) is 6.07 Å². The van der Waals surface area contributed by atoms with Crippen molar-refractivity contribution in [3.05, 3.63) is 65.8 Å². The van der Waals surface area contributed by atoms with Crippen LogP contribution in [0.3, 0.4) is 0 Å². The van der Waals surface area contributed by atoms with Crippen molar-refractivity contribution in [2.45, 2.75) is 0 Å². The third kappa shape index (κ3) is 2.79. The number of rotatable bonds is 3. The Labute approximate surface area is 100 Å². The molecule has 0 radical (unpaired) electrons. The number of hydrogen-bond donors (Lipinski definition) is 0. The second-order valence-corrected chi connectivity index (χ2v) is 3.77. The Morgan fingerprint density at radius 2 is 1.82 bits per heavy atom. The van der Waals surface area contributed by atoms with Gasteiger partial charge in [-0.05, 0) is 23.8 Å². The molecule has 0 fully saturated rings. The largest absolute Gasteiger partial charge is 0.294 e. The average Bonchev–Trinajstić information content (AvgIpc) is 2.90. The van der Waals surface area contributed by atoms with E-state index < -0.39 is 0 Å². The van der Waals surface area contributed by atoms with Crippen LogP contribution in [0.25, 0.3) is 6.08 Å². The van der Waals surface area contributed by atoms with Crippen molar-refractivity contribution in [3.63, 3.8) is 0 Å². The molecule has 0 heterocycles. The molecule has 0 unspecified atom stereocenters. The summed E-state index contributed by atoms with van der Waals surface area (Å²) in [4.78, 5) is 11.7. The van der Waals surface area contributed by atoms with Gasteiger partial charge in [0.1, 0.15) is 0 Å². The topological polar surface area (TPSA) is 40.9 Å². The molecule has 1 aromatic rings. The predicted molar refractivity (Wildman–Crippen MR) is 67.0 cm³/mol. The molecule has 0 atom stereocenters. The highest BCUT2D eigenvalue weighted by atomic mass is 16.1. The number of nitriles is 1. The summed E-state index contributed by atoms with van der Waals surface area (Å²) < 4.78 is 0. The Morgan fingerprint density at radius 1 is 1.18 bits per heavy atom. The van der Waals surface area contributed by atoms with E-state index in [0.29, 0.717) is 5.56 Å². The molecule has 2 rings (SSSR count). The number of benzene rings is 1. The lowest BCUT2D eigenvalue weighted by atomic mass is 10.0. The Bertz CT molecular complexity index is 529. The molecule has 0 N–H and O–H groups in total. The normalized spacial score (nSPS) is 14.3. The van der Waals surface area contributed by atoms with Crippen LogP contribution in [0.1, 0.15) is 11.1 Å². The monoisotopic (exact) mass is 221 g/mol. The van der Waals surface area contributed by atoms with Gasteiger partial charge in [0, 0.05) is 0 Å². The SMILES string of the molecule is N#Cc1ccc(/C=C/C(=O)C2C=CC=C2)cc1. The van der Waals surface area contributed by atoms with Gasteiger partial charge in [0.25, 0.3) is 0 Å². The molecule has 17 heavy (non-hydrogen) atoms. The lowest BCUT2D eigenvalue weighted by Gasteiger charge is -1.98. The van der Waals surface area contributed by atoms with E-state index in [4.69, 9.17) is 5.26 Å². The Balaban J connectivity index is 2.04. The predicted octanol–water partition coefficient (Wildman–Crippen LogP) is 2.88. The quantitative estimate of drug-likeness (QED) is 0.736. The zero-order valence-electron chi connectivity index (χ0n) is 9.21. The number of carbonyl (C=O) groups excluding carboxylic acids is 1. The summed E-state index contributed by atoms with van der Waals surface area (Å²) in [7, 11) is 0. The first kappa shape index (κ1) is 11.1. The number of ketones is 1. The van der Waals surface area contributed by atoms with Crippen LogP contribution in [0, 0.1) is 17.2 Å². The first-order chi connectivity index (χ1) is 8.29. The highest BCUT2D eigenvalue weighted by molar-refractivity contribution is 5.98. The zero-order chi connectivity index (χ0) is 12.1. The van der Waals surface area contributed by atoms with Crippen LogP contribution in [0.2, 0.25) is 0 Å². The lowest BCUT2D eigenvalue weighted by molar-refractivity contribution is -0.115. The highest BCUT2D eigenvalue weighted by Gasteiger charge is 2.10. The maximum atomic E-state index is 11.7. The molecular formula is C15H11NO. The van der Waals surface area contributed by atoms with Gasteiger partial charge in [0.15, 0.2) is 5.78 Å². The maximum Gasteiger partial charge on any atom is 0.166 e. The summed E-state index contributed by atoms with van der Waals surface area (Å²) in [6.45, 7) is 0. The third-order valence-corrected chi connectivity index (χ3v) is 2.56. The molecule has 0 aromatic heterocycles. The maximum absolute atomic E-state index is 11.7. The van der Waals surface area contributed by atoms with E-state index in [-0.39, 0.29) is 11.7 Å². The van der Waals surface area contributed by atoms with Gasteiger partial charge in [-0.1, -0.05) is 42.5 Å². The van der Waals surface area contributed by atoms with Crippen LogP contribution in [-0.4, -0.2) is 5.78 Å². The minimum absolute atomic E-state index is 0.0689. The van der Waals surface area contributed by atoms with E-state index in [9.17, 15) is 4.79 Å². The molecule has 0 saturated carbocycles. The van der Waals surface area contributed by atoms with Crippen molar-refractivity contribution in [3.8, 4) is 6.07 Å². The molecule has 0 amide bonds. The Morgan fingerprint density at radius 3 is 2.41 bits per heavy atom. The molecule has 2 nitrogen and oxygen atoms in total. The average molecular weight is 221 g/mol. The zero-order valence-corrected chi connectivity index (χ0v) is 9.21. The fourth-order valence-corrected chi connectivity index (χ4v) is 1.58. The Hall–Kier alpha value is -2.40. The molecule has 1 aromatic carbocycles. The second kappa shape index (κ2) is 5.09. The summed E-state index contributed by atoms with van der Waals surface area (Å²) in [5.41, 5.74) is 1.54. The van der Waals surface area contributed by atoms with Gasteiger partial charge in [-0.25, -0.2) is 0 Å². The van der Waals surface area contributed by atoms with Crippen LogP contribution in [0.5, 0.6) is 0 Å². The van der Waals surface area contributed by atoms with Crippen molar-refractivity contribution in [1.29, 1.82) is 5.26 Å². The van der Waals surface area contributed by atoms with Gasteiger partial charge in [-0.3, -0.25) is 4.79 Å². The van der Waals surface area contributed by atoms with E-state index in [1.54, 1.807) is 24.3 Å². The van der Waals surface area contributed by atoms with Crippen molar-refractivity contribution in [2.24, 2.45) is 5.92 Å². The third-order valence-electron chi connectivity index (χ3n) is 2.56. The van der Waals surface area contributed by atoms with Crippen LogP contribution < -0.4 is 0 Å². The van der Waals surface area contributed by atoms with Gasteiger partial charge in [0.05, 0.1) is 17.6 Å². The lowest BCUT2D eigenvalue weighted by Crippen LogP contribution is -2.03. The smallest absolute Gasteiger partial charge is 0.166 e. The molecule has 1 aliphatic rings. The van der Waals surface area contributed by atoms with Crippen LogP contribution in [-0.2, 0) is 4.79 Å². The van der Waals surface area contributed by atoms with E-state index in [0.717, 1.165) is 5.56 Å². The second-order valence-electron chi connectivity index (χ2n) is 3.77. The van der Waals surface area contributed by atoms with E-state index in [1.807, 2.05) is 36.4 Å². The summed E-state index contributed by atoms with van der Waals surface area (Å²) in [5, 5.41) is 8.65. The van der Waals surface area contributed by atoms with Crippen molar-refractivity contribution in [2.75, 3.05) is 0 Å². The molecule has 0 bridgehead atoms. The minimum atomic E-state index is -0.121. The van der Waals surface area contributed by atoms with Gasteiger partial charge >= 0.3 is 0 Å². The summed E-state index contributed by atoms with van der Waals surface area (Å²) in [6, 6.07) is 9.17. The molecular weight excluding hydrogens is 210 g/mol. The van der Waals surface area contributed by atoms with Crippen LogP contribution in [0.15, 0.2) is 54.6 Å².